The monoisotopic (exact) mass is 404 g/mol. The zero-order valence-corrected chi connectivity index (χ0v) is 16.9. The number of nitrogens with zero attached hydrogens (tertiary/aromatic N) is 2. The van der Waals surface area contributed by atoms with Gasteiger partial charge in [-0.2, -0.15) is 0 Å². The molecule has 0 saturated carbocycles. The molecule has 0 bridgehead atoms. The van der Waals surface area contributed by atoms with Crippen molar-refractivity contribution in [2.24, 2.45) is 11.8 Å². The molecule has 2 atom stereocenters. The number of amides is 1. The maximum atomic E-state index is 12.3. The second kappa shape index (κ2) is 11.6. The zero-order chi connectivity index (χ0) is 16.8. The molecule has 2 N–H and O–H groups in total. The van der Waals surface area contributed by atoms with Gasteiger partial charge in [-0.05, 0) is 49.9 Å². The van der Waals surface area contributed by atoms with Crippen LogP contribution in [0.2, 0.25) is 0 Å². The van der Waals surface area contributed by atoms with E-state index in [1.165, 1.54) is 12.8 Å². The average molecular weight is 405 g/mol. The first-order chi connectivity index (χ1) is 11.7. The van der Waals surface area contributed by atoms with Gasteiger partial charge in [-0.3, -0.25) is 4.79 Å². The number of hydrogen-bond acceptors (Lipinski definition) is 5. The van der Waals surface area contributed by atoms with Gasteiger partial charge in [0.15, 0.2) is 0 Å². The Bertz CT molecular complexity index is 532. The number of pyridine rings is 1. The van der Waals surface area contributed by atoms with E-state index in [4.69, 9.17) is 4.74 Å². The largest absolute Gasteiger partial charge is 0.378 e. The lowest BCUT2D eigenvalue weighted by atomic mass is 9.85. The molecule has 8 heteroatoms. The highest BCUT2D eigenvalue weighted by Crippen LogP contribution is 2.23. The molecule has 2 aliphatic heterocycles. The van der Waals surface area contributed by atoms with Gasteiger partial charge in [-0.1, -0.05) is 6.92 Å². The Morgan fingerprint density at radius 1 is 1.38 bits per heavy atom. The van der Waals surface area contributed by atoms with Crippen LogP contribution < -0.4 is 15.5 Å². The van der Waals surface area contributed by atoms with E-state index in [2.05, 4.69) is 27.4 Å². The maximum absolute atomic E-state index is 12.3. The highest BCUT2D eigenvalue weighted by Gasteiger charge is 2.22. The van der Waals surface area contributed by atoms with Gasteiger partial charge in [0.05, 0.1) is 25.1 Å². The van der Waals surface area contributed by atoms with E-state index in [9.17, 15) is 4.79 Å². The van der Waals surface area contributed by atoms with Gasteiger partial charge in [0, 0.05) is 19.5 Å². The highest BCUT2D eigenvalue weighted by molar-refractivity contribution is 5.90. The second-order valence-corrected chi connectivity index (χ2v) is 6.84. The molecule has 2 aliphatic rings. The number of ether oxygens (including phenoxy) is 1. The fraction of sp³-hybridized carbons (Fsp3) is 0.667. The minimum atomic E-state index is 0. The number of nitrogens with one attached hydrogen (secondary N) is 2. The number of hydrogen-bond donors (Lipinski definition) is 2. The van der Waals surface area contributed by atoms with Crippen molar-refractivity contribution in [2.75, 3.05) is 49.6 Å². The summed E-state index contributed by atoms with van der Waals surface area (Å²) >= 11 is 0. The van der Waals surface area contributed by atoms with Gasteiger partial charge in [-0.25, -0.2) is 4.98 Å². The minimum absolute atomic E-state index is 0. The van der Waals surface area contributed by atoms with Crippen LogP contribution in [0, 0.1) is 11.8 Å². The number of carbonyl (C=O) groups is 1. The first-order valence-corrected chi connectivity index (χ1v) is 9.01. The van der Waals surface area contributed by atoms with Crippen LogP contribution in [0.1, 0.15) is 26.2 Å². The molecule has 0 radical (unpaired) electrons. The molecule has 2 fully saturated rings. The van der Waals surface area contributed by atoms with Gasteiger partial charge in [-0.15, -0.1) is 24.8 Å². The molecule has 0 spiro atoms. The Morgan fingerprint density at radius 2 is 2.15 bits per heavy atom. The van der Waals surface area contributed by atoms with E-state index in [0.29, 0.717) is 24.1 Å². The number of anilines is 2. The first-order valence-electron chi connectivity index (χ1n) is 9.01. The van der Waals surface area contributed by atoms with Crippen LogP contribution in [0.5, 0.6) is 0 Å². The maximum Gasteiger partial charge on any atom is 0.225 e. The molecule has 2 unspecified atom stereocenters. The van der Waals surface area contributed by atoms with Crippen molar-refractivity contribution in [3.8, 4) is 0 Å². The summed E-state index contributed by atoms with van der Waals surface area (Å²) in [5, 5.41) is 6.35. The van der Waals surface area contributed by atoms with Crippen LogP contribution in [0.25, 0.3) is 0 Å². The standard InChI is InChI=1S/C18H28N4O2.2ClH/c1-14(15-3-2-6-19-12-15)11-18(23)21-17-5-4-16(13-20-17)22-7-9-24-10-8-22;;/h4-5,13-15,19H,2-3,6-12H2,1H3,(H,20,21,23);2*1H. The zero-order valence-electron chi connectivity index (χ0n) is 15.3. The lowest BCUT2D eigenvalue weighted by molar-refractivity contribution is -0.117. The van der Waals surface area contributed by atoms with Crippen molar-refractivity contribution in [3.63, 3.8) is 0 Å². The lowest BCUT2D eigenvalue weighted by Crippen LogP contribution is -2.36. The Labute approximate surface area is 168 Å². The number of carbonyl (C=O) groups excluding carboxylic acids is 1. The fourth-order valence-corrected chi connectivity index (χ4v) is 3.49. The van der Waals surface area contributed by atoms with Crippen molar-refractivity contribution >= 4 is 42.2 Å². The van der Waals surface area contributed by atoms with Crippen molar-refractivity contribution in [2.45, 2.75) is 26.2 Å². The molecule has 26 heavy (non-hydrogen) atoms. The Hall–Kier alpha value is -1.08. The summed E-state index contributed by atoms with van der Waals surface area (Å²) in [6, 6.07) is 3.90. The average Bonchev–Trinajstić information content (AvgIpc) is 2.64. The molecule has 0 aromatic carbocycles. The molecule has 1 amide bonds. The summed E-state index contributed by atoms with van der Waals surface area (Å²) in [5.74, 6) is 1.68. The summed E-state index contributed by atoms with van der Waals surface area (Å²) in [5.41, 5.74) is 1.08. The SMILES string of the molecule is CC(CC(=O)Nc1ccc(N2CCOCC2)cn1)C1CCCNC1.Cl.Cl. The summed E-state index contributed by atoms with van der Waals surface area (Å²) in [6.07, 6.45) is 4.81. The molecule has 2 saturated heterocycles. The third kappa shape index (κ3) is 6.58. The lowest BCUT2D eigenvalue weighted by Gasteiger charge is -2.28. The van der Waals surface area contributed by atoms with Crippen LogP contribution in [-0.2, 0) is 9.53 Å². The van der Waals surface area contributed by atoms with E-state index in [1.807, 2.05) is 18.3 Å². The third-order valence-corrected chi connectivity index (χ3v) is 5.04. The predicted octanol–water partition coefficient (Wildman–Crippen LogP) is 2.73. The molecule has 0 aliphatic carbocycles. The number of rotatable bonds is 5. The highest BCUT2D eigenvalue weighted by atomic mass is 35.5. The fourth-order valence-electron chi connectivity index (χ4n) is 3.49. The summed E-state index contributed by atoms with van der Waals surface area (Å²) in [4.78, 5) is 18.9. The smallest absolute Gasteiger partial charge is 0.225 e. The second-order valence-electron chi connectivity index (χ2n) is 6.84. The van der Waals surface area contributed by atoms with E-state index >= 15 is 0 Å². The Kier molecular flexibility index (Phi) is 10.2. The van der Waals surface area contributed by atoms with Crippen molar-refractivity contribution in [1.29, 1.82) is 0 Å². The van der Waals surface area contributed by atoms with E-state index < -0.39 is 0 Å². The van der Waals surface area contributed by atoms with Crippen LogP contribution >= 0.6 is 24.8 Å². The first kappa shape index (κ1) is 23.0. The van der Waals surface area contributed by atoms with Crippen LogP contribution in [-0.4, -0.2) is 50.3 Å². The van der Waals surface area contributed by atoms with Crippen molar-refractivity contribution in [1.82, 2.24) is 10.3 Å². The summed E-state index contributed by atoms with van der Waals surface area (Å²) < 4.78 is 5.36. The van der Waals surface area contributed by atoms with E-state index in [0.717, 1.165) is 45.1 Å². The van der Waals surface area contributed by atoms with Crippen LogP contribution in [0.3, 0.4) is 0 Å². The number of halogens is 2. The van der Waals surface area contributed by atoms with Crippen LogP contribution in [0.15, 0.2) is 18.3 Å². The molecule has 3 heterocycles. The molecule has 148 valence electrons. The molecular formula is C18H30Cl2N4O2. The van der Waals surface area contributed by atoms with E-state index in [-0.39, 0.29) is 30.7 Å². The minimum Gasteiger partial charge on any atom is -0.378 e. The van der Waals surface area contributed by atoms with Gasteiger partial charge < -0.3 is 20.3 Å². The quantitative estimate of drug-likeness (QED) is 0.789. The summed E-state index contributed by atoms with van der Waals surface area (Å²) in [7, 11) is 0. The van der Waals surface area contributed by atoms with Gasteiger partial charge in [0.2, 0.25) is 5.91 Å². The molecule has 1 aromatic heterocycles. The Balaban J connectivity index is 0.00000169. The molecule has 6 nitrogen and oxygen atoms in total. The Morgan fingerprint density at radius 3 is 2.77 bits per heavy atom. The third-order valence-electron chi connectivity index (χ3n) is 5.04. The number of piperidine rings is 1. The molecule has 1 aromatic rings. The van der Waals surface area contributed by atoms with E-state index in [1.54, 1.807) is 0 Å². The number of aromatic nitrogens is 1. The predicted molar refractivity (Wildman–Crippen MR) is 110 cm³/mol. The van der Waals surface area contributed by atoms with Crippen molar-refractivity contribution < 1.29 is 9.53 Å². The van der Waals surface area contributed by atoms with Gasteiger partial charge >= 0.3 is 0 Å². The van der Waals surface area contributed by atoms with Crippen molar-refractivity contribution in [3.05, 3.63) is 18.3 Å². The topological polar surface area (TPSA) is 66.5 Å². The van der Waals surface area contributed by atoms with Gasteiger partial charge in [0.1, 0.15) is 5.82 Å². The summed E-state index contributed by atoms with van der Waals surface area (Å²) in [6.45, 7) is 7.60. The molecular weight excluding hydrogens is 375 g/mol. The van der Waals surface area contributed by atoms with Gasteiger partial charge in [0.25, 0.3) is 0 Å². The molecule has 3 rings (SSSR count). The number of morpholine rings is 1. The van der Waals surface area contributed by atoms with Crippen LogP contribution in [0.4, 0.5) is 11.5 Å². The normalized spacial score (nSPS) is 21.1.